The zero-order valence-corrected chi connectivity index (χ0v) is 22.6. The van der Waals surface area contributed by atoms with Gasteiger partial charge in [-0.25, -0.2) is 4.79 Å². The maximum absolute atomic E-state index is 11.8. The molecular weight excluding hydrogens is 476 g/mol. The molecule has 1 amide bonds. The minimum Gasteiger partial charge on any atom is -0.463 e. The Morgan fingerprint density at radius 2 is 1.69 bits per heavy atom. The van der Waals surface area contributed by atoms with Gasteiger partial charge in [0.2, 0.25) is 0 Å². The second-order valence-electron chi connectivity index (χ2n) is 8.90. The molecule has 0 fully saturated rings. The summed E-state index contributed by atoms with van der Waals surface area (Å²) < 4.78 is 15.5. The summed E-state index contributed by atoms with van der Waals surface area (Å²) in [7, 11) is 2.82. The van der Waals surface area contributed by atoms with E-state index in [2.05, 4.69) is 0 Å². The van der Waals surface area contributed by atoms with Crippen LogP contribution in [0.5, 0.6) is 0 Å². The predicted octanol–water partition coefficient (Wildman–Crippen LogP) is 0.750. The topological polar surface area (TPSA) is 175 Å². The lowest BCUT2D eigenvalue weighted by molar-refractivity contribution is -0.194. The first-order valence-corrected chi connectivity index (χ1v) is 12.1. The molecule has 0 spiro atoms. The zero-order chi connectivity index (χ0) is 28.1. The third kappa shape index (κ3) is 18.2. The molecule has 0 heterocycles. The number of hydroxylamine groups is 2. The van der Waals surface area contributed by atoms with Gasteiger partial charge in [0.25, 0.3) is 5.91 Å². The monoisotopic (exact) mass is 522 g/mol. The van der Waals surface area contributed by atoms with Crippen LogP contribution in [-0.4, -0.2) is 98.2 Å². The molecule has 0 aliphatic carbocycles. The van der Waals surface area contributed by atoms with Crippen LogP contribution in [0.15, 0.2) is 0 Å². The van der Waals surface area contributed by atoms with E-state index in [1.807, 2.05) is 20.8 Å². The number of nitrogens with two attached hydrogens (primary N) is 1. The molecule has 0 aliphatic heterocycles. The molecule has 0 radical (unpaired) electrons. The first-order chi connectivity index (χ1) is 16.9. The number of aliphatic hydroxyl groups excluding tert-OH is 2. The summed E-state index contributed by atoms with van der Waals surface area (Å²) in [5.74, 6) is -1.90. The van der Waals surface area contributed by atoms with Crippen molar-refractivity contribution in [1.82, 2.24) is 5.06 Å². The van der Waals surface area contributed by atoms with Crippen molar-refractivity contribution >= 4 is 24.1 Å². The zero-order valence-electron chi connectivity index (χ0n) is 22.6. The molecule has 36 heavy (non-hydrogen) atoms. The Morgan fingerprint density at radius 1 is 1.08 bits per heavy atom. The van der Waals surface area contributed by atoms with Crippen LogP contribution in [0.2, 0.25) is 0 Å². The van der Waals surface area contributed by atoms with Gasteiger partial charge in [-0.2, -0.15) is 5.06 Å². The van der Waals surface area contributed by atoms with E-state index >= 15 is 0 Å². The second kappa shape index (κ2) is 21.0. The molecule has 212 valence electrons. The molecule has 0 aromatic heterocycles. The number of carbonyl (C=O) groups is 4. The van der Waals surface area contributed by atoms with Crippen molar-refractivity contribution in [2.24, 2.45) is 11.1 Å². The molecule has 0 aliphatic rings. The number of aliphatic hydroxyl groups is 2. The van der Waals surface area contributed by atoms with Crippen LogP contribution in [0.25, 0.3) is 0 Å². The van der Waals surface area contributed by atoms with Gasteiger partial charge in [0.05, 0.1) is 32.0 Å². The highest BCUT2D eigenvalue weighted by atomic mass is 16.7. The van der Waals surface area contributed by atoms with Crippen LogP contribution >= 0.6 is 0 Å². The quantitative estimate of drug-likeness (QED) is 0.140. The van der Waals surface area contributed by atoms with Gasteiger partial charge >= 0.3 is 11.9 Å². The lowest BCUT2D eigenvalue weighted by Crippen LogP contribution is -2.39. The number of aldehydes is 1. The summed E-state index contributed by atoms with van der Waals surface area (Å²) in [6.45, 7) is 8.16. The van der Waals surface area contributed by atoms with Gasteiger partial charge in [-0.15, -0.1) is 0 Å². The van der Waals surface area contributed by atoms with E-state index in [-0.39, 0.29) is 63.1 Å². The Kier molecular flexibility index (Phi) is 21.0. The summed E-state index contributed by atoms with van der Waals surface area (Å²) in [6, 6.07) is -1.09. The number of carbonyl (C=O) groups excluding carboxylic acids is 4. The van der Waals surface area contributed by atoms with Crippen LogP contribution < -0.4 is 5.73 Å². The van der Waals surface area contributed by atoms with Gasteiger partial charge in [0.1, 0.15) is 18.9 Å². The average Bonchev–Trinajstić information content (AvgIpc) is 2.87. The number of methoxy groups -OCH3 is 1. The van der Waals surface area contributed by atoms with Crippen LogP contribution in [0.4, 0.5) is 0 Å². The standard InChI is InChI=1S/C17H30N2O8.C7H16O2/c1-12(24-4)10-25-13(2)11-26-16(22)8-7-14(18)17(23)27-19(3)15(21)6-5-9-20;1-3-4-7(2,5-8)6-9/h9,12-14H,5-8,10-11,18H2,1-4H3;8-9H,3-6H2,1-2H3. The smallest absolute Gasteiger partial charge is 0.349 e. The lowest BCUT2D eigenvalue weighted by atomic mass is 9.88. The second-order valence-corrected chi connectivity index (χ2v) is 8.90. The first kappa shape index (κ1) is 36.0. The van der Waals surface area contributed by atoms with Crippen molar-refractivity contribution in [2.75, 3.05) is 40.6 Å². The summed E-state index contributed by atoms with van der Waals surface area (Å²) in [6.07, 6.45) is 2.02. The van der Waals surface area contributed by atoms with Crippen LogP contribution in [0.3, 0.4) is 0 Å². The highest BCUT2D eigenvalue weighted by Crippen LogP contribution is 2.20. The lowest BCUT2D eigenvalue weighted by Gasteiger charge is -2.23. The predicted molar refractivity (Wildman–Crippen MR) is 131 cm³/mol. The molecule has 0 aromatic carbocycles. The maximum atomic E-state index is 11.8. The Labute approximate surface area is 214 Å². The number of nitrogens with zero attached hydrogens (tertiary/aromatic N) is 1. The highest BCUT2D eigenvalue weighted by molar-refractivity contribution is 5.81. The third-order valence-electron chi connectivity index (χ3n) is 5.13. The van der Waals surface area contributed by atoms with Crippen molar-refractivity contribution in [2.45, 2.75) is 84.5 Å². The number of ether oxygens (including phenoxy) is 3. The molecule has 0 bridgehead atoms. The minimum atomic E-state index is -1.09. The largest absolute Gasteiger partial charge is 0.463 e. The molecule has 3 unspecified atom stereocenters. The summed E-state index contributed by atoms with van der Waals surface area (Å²) in [5, 5.41) is 18.2. The van der Waals surface area contributed by atoms with Gasteiger partial charge < -0.3 is 39.8 Å². The number of rotatable bonds is 17. The molecule has 3 atom stereocenters. The van der Waals surface area contributed by atoms with E-state index in [1.54, 1.807) is 14.0 Å². The van der Waals surface area contributed by atoms with Gasteiger partial charge in [0.15, 0.2) is 0 Å². The summed E-state index contributed by atoms with van der Waals surface area (Å²) >= 11 is 0. The van der Waals surface area contributed by atoms with Gasteiger partial charge in [-0.05, 0) is 26.7 Å². The molecule has 0 aromatic rings. The maximum Gasteiger partial charge on any atom is 0.349 e. The van der Waals surface area contributed by atoms with Gasteiger partial charge in [-0.1, -0.05) is 20.3 Å². The fourth-order valence-electron chi connectivity index (χ4n) is 2.49. The van der Waals surface area contributed by atoms with Crippen LogP contribution in [-0.2, 0) is 38.2 Å². The molecule has 0 saturated carbocycles. The Morgan fingerprint density at radius 3 is 2.17 bits per heavy atom. The normalized spacial score (nSPS) is 13.5. The molecule has 0 saturated heterocycles. The number of hydrogen-bond donors (Lipinski definition) is 3. The van der Waals surface area contributed by atoms with E-state index in [0.717, 1.165) is 17.9 Å². The Hall–Kier alpha value is -2.12. The number of esters is 1. The average molecular weight is 523 g/mol. The van der Waals surface area contributed by atoms with Gasteiger partial charge in [0, 0.05) is 38.8 Å². The summed E-state index contributed by atoms with van der Waals surface area (Å²) in [4.78, 5) is 50.1. The van der Waals surface area contributed by atoms with Gasteiger partial charge in [-0.3, -0.25) is 9.59 Å². The van der Waals surface area contributed by atoms with Crippen molar-refractivity contribution in [1.29, 1.82) is 0 Å². The van der Waals surface area contributed by atoms with E-state index < -0.39 is 23.9 Å². The third-order valence-corrected chi connectivity index (χ3v) is 5.13. The molecule has 4 N–H and O–H groups in total. The van der Waals surface area contributed by atoms with Crippen molar-refractivity contribution < 1.29 is 48.4 Å². The van der Waals surface area contributed by atoms with E-state index in [9.17, 15) is 19.2 Å². The molecule has 12 nitrogen and oxygen atoms in total. The van der Waals surface area contributed by atoms with Crippen molar-refractivity contribution in [3.8, 4) is 0 Å². The fourth-order valence-corrected chi connectivity index (χ4v) is 2.49. The number of amides is 1. The van der Waals surface area contributed by atoms with E-state index in [4.69, 9.17) is 35.0 Å². The number of hydrogen-bond acceptors (Lipinski definition) is 11. The SMILES string of the molecule is CCCC(C)(CO)CO.COC(C)COC(C)COC(=O)CCC(N)C(=O)ON(C)C(=O)CCC=O. The Bertz CT molecular complexity index is 628. The minimum absolute atomic E-state index is 0.00395. The summed E-state index contributed by atoms with van der Waals surface area (Å²) in [5.41, 5.74) is 5.40. The fraction of sp³-hybridized carbons (Fsp3) is 0.833. The van der Waals surface area contributed by atoms with Crippen molar-refractivity contribution in [3.05, 3.63) is 0 Å². The van der Waals surface area contributed by atoms with Crippen LogP contribution in [0, 0.1) is 5.41 Å². The molecular formula is C24H46N2O10. The van der Waals surface area contributed by atoms with E-state index in [0.29, 0.717) is 12.9 Å². The molecule has 12 heteroatoms. The van der Waals surface area contributed by atoms with E-state index in [1.165, 1.54) is 7.05 Å². The van der Waals surface area contributed by atoms with Crippen LogP contribution in [0.1, 0.15) is 66.2 Å². The highest BCUT2D eigenvalue weighted by Gasteiger charge is 2.22. The van der Waals surface area contributed by atoms with Crippen molar-refractivity contribution in [3.63, 3.8) is 0 Å². The first-order valence-electron chi connectivity index (χ1n) is 12.1. The Balaban J connectivity index is 0. The molecule has 0 rings (SSSR count).